The van der Waals surface area contributed by atoms with Crippen LogP contribution in [0.5, 0.6) is 0 Å². The van der Waals surface area contributed by atoms with Crippen molar-refractivity contribution in [2.75, 3.05) is 5.32 Å². The number of benzene rings is 1. The van der Waals surface area contributed by atoms with Gasteiger partial charge in [-0.15, -0.1) is 0 Å². The topological polar surface area (TPSA) is 83.1 Å². The Morgan fingerprint density at radius 1 is 1.35 bits per heavy atom. The molecule has 1 saturated carbocycles. The van der Waals surface area contributed by atoms with E-state index in [1.54, 1.807) is 28.9 Å². The number of aldehydes is 1. The van der Waals surface area contributed by atoms with Gasteiger partial charge in [0.2, 0.25) is 0 Å². The Balaban J connectivity index is 1.92. The van der Waals surface area contributed by atoms with Crippen LogP contribution in [-0.4, -0.2) is 26.9 Å². The van der Waals surface area contributed by atoms with Crippen LogP contribution in [0.4, 0.5) is 5.82 Å². The van der Waals surface area contributed by atoms with Crippen LogP contribution in [-0.2, 0) is 0 Å². The lowest BCUT2D eigenvalue weighted by Crippen LogP contribution is -2.07. The second kappa shape index (κ2) is 5.21. The number of hydrogen-bond acceptors (Lipinski definition) is 5. The van der Waals surface area contributed by atoms with Crippen molar-refractivity contribution in [1.82, 2.24) is 14.6 Å². The molecule has 0 radical (unpaired) electrons. The van der Waals surface area contributed by atoms with Gasteiger partial charge in [0.15, 0.2) is 11.9 Å². The van der Waals surface area contributed by atoms with E-state index >= 15 is 0 Å². The van der Waals surface area contributed by atoms with Gasteiger partial charge in [-0.3, -0.25) is 4.79 Å². The normalized spacial score (nSPS) is 13.7. The average molecular weight is 303 g/mol. The summed E-state index contributed by atoms with van der Waals surface area (Å²) in [6, 6.07) is 11.5. The van der Waals surface area contributed by atoms with E-state index < -0.39 is 0 Å². The summed E-state index contributed by atoms with van der Waals surface area (Å²) < 4.78 is 1.66. The Kier molecular flexibility index (Phi) is 3.05. The van der Waals surface area contributed by atoms with E-state index in [1.165, 1.54) is 0 Å². The van der Waals surface area contributed by atoms with Crippen molar-refractivity contribution >= 4 is 17.8 Å². The van der Waals surface area contributed by atoms with Gasteiger partial charge < -0.3 is 5.32 Å². The van der Waals surface area contributed by atoms with E-state index in [2.05, 4.69) is 21.5 Å². The van der Waals surface area contributed by atoms with Crippen LogP contribution in [0.2, 0.25) is 0 Å². The van der Waals surface area contributed by atoms with E-state index in [0.29, 0.717) is 28.5 Å². The molecule has 6 heteroatoms. The smallest absolute Gasteiger partial charge is 0.168 e. The highest BCUT2D eigenvalue weighted by Gasteiger charge is 2.23. The summed E-state index contributed by atoms with van der Waals surface area (Å²) in [4.78, 5) is 15.9. The number of anilines is 1. The van der Waals surface area contributed by atoms with E-state index in [-0.39, 0.29) is 0 Å². The van der Waals surface area contributed by atoms with Crippen molar-refractivity contribution in [3.8, 4) is 17.3 Å². The Labute approximate surface area is 132 Å². The fourth-order valence-electron chi connectivity index (χ4n) is 2.57. The zero-order valence-electron chi connectivity index (χ0n) is 12.2. The zero-order chi connectivity index (χ0) is 15.8. The number of aromatic nitrogens is 3. The molecule has 1 aromatic carbocycles. The van der Waals surface area contributed by atoms with Crippen LogP contribution in [0.15, 0.2) is 36.5 Å². The molecule has 1 N–H and O–H groups in total. The molecule has 0 amide bonds. The lowest BCUT2D eigenvalue weighted by Gasteiger charge is -2.05. The second-order valence-electron chi connectivity index (χ2n) is 5.56. The standard InChI is InChI=1S/C17H13N5O/c18-9-11-2-1-3-12(8-11)16-14(10-23)17-19-7-6-15(22(17)21-16)20-13-4-5-13/h1-3,6-8,10,13,20H,4-5H2. The van der Waals surface area contributed by atoms with Crippen LogP contribution in [0, 0.1) is 11.3 Å². The first-order valence-electron chi connectivity index (χ1n) is 7.40. The molecule has 0 bridgehead atoms. The first-order valence-corrected chi connectivity index (χ1v) is 7.40. The fourth-order valence-corrected chi connectivity index (χ4v) is 2.57. The molecule has 1 aliphatic carbocycles. The number of fused-ring (bicyclic) bond motifs is 1. The van der Waals surface area contributed by atoms with Gasteiger partial charge in [-0.1, -0.05) is 12.1 Å². The van der Waals surface area contributed by atoms with Crippen molar-refractivity contribution in [1.29, 1.82) is 5.26 Å². The predicted octanol–water partition coefficient (Wildman–Crippen LogP) is 2.65. The number of hydrogen-bond donors (Lipinski definition) is 1. The molecule has 0 spiro atoms. The highest BCUT2D eigenvalue weighted by Crippen LogP contribution is 2.28. The molecule has 0 unspecified atom stereocenters. The van der Waals surface area contributed by atoms with Gasteiger partial charge in [-0.25, -0.2) is 4.98 Å². The molecular formula is C17H13N5O. The number of carbonyl (C=O) groups excluding carboxylic acids is 1. The Bertz CT molecular complexity index is 949. The van der Waals surface area contributed by atoms with Crippen molar-refractivity contribution in [2.45, 2.75) is 18.9 Å². The Morgan fingerprint density at radius 2 is 2.22 bits per heavy atom. The molecule has 0 aliphatic heterocycles. The van der Waals surface area contributed by atoms with E-state index in [9.17, 15) is 4.79 Å². The monoisotopic (exact) mass is 303 g/mol. The summed E-state index contributed by atoms with van der Waals surface area (Å²) >= 11 is 0. The summed E-state index contributed by atoms with van der Waals surface area (Å²) in [7, 11) is 0. The summed E-state index contributed by atoms with van der Waals surface area (Å²) in [6.07, 6.45) is 4.72. The highest BCUT2D eigenvalue weighted by atomic mass is 16.1. The Hall–Kier alpha value is -3.20. The van der Waals surface area contributed by atoms with Gasteiger partial charge in [0.1, 0.15) is 11.5 Å². The molecular weight excluding hydrogens is 290 g/mol. The van der Waals surface area contributed by atoms with Crippen molar-refractivity contribution in [3.63, 3.8) is 0 Å². The van der Waals surface area contributed by atoms with Crippen LogP contribution in [0.25, 0.3) is 16.9 Å². The number of nitrogens with one attached hydrogen (secondary N) is 1. The third kappa shape index (κ3) is 2.32. The number of nitriles is 1. The lowest BCUT2D eigenvalue weighted by molar-refractivity contribution is 0.112. The van der Waals surface area contributed by atoms with E-state index in [1.807, 2.05) is 12.1 Å². The third-order valence-corrected chi connectivity index (χ3v) is 3.87. The maximum Gasteiger partial charge on any atom is 0.168 e. The molecule has 6 nitrogen and oxygen atoms in total. The lowest BCUT2D eigenvalue weighted by atomic mass is 10.1. The number of carbonyl (C=O) groups is 1. The van der Waals surface area contributed by atoms with Gasteiger partial charge in [0.25, 0.3) is 0 Å². The van der Waals surface area contributed by atoms with E-state index in [0.717, 1.165) is 30.5 Å². The molecule has 1 fully saturated rings. The Morgan fingerprint density at radius 3 is 2.96 bits per heavy atom. The van der Waals surface area contributed by atoms with E-state index in [4.69, 9.17) is 5.26 Å². The largest absolute Gasteiger partial charge is 0.367 e. The number of rotatable bonds is 4. The zero-order valence-corrected chi connectivity index (χ0v) is 12.2. The molecule has 112 valence electrons. The molecule has 0 saturated heterocycles. The second-order valence-corrected chi connectivity index (χ2v) is 5.56. The minimum Gasteiger partial charge on any atom is -0.367 e. The summed E-state index contributed by atoms with van der Waals surface area (Å²) in [5, 5.41) is 17.0. The maximum atomic E-state index is 11.6. The first-order chi connectivity index (χ1) is 11.3. The van der Waals surface area contributed by atoms with Crippen LogP contribution < -0.4 is 5.32 Å². The molecule has 1 aliphatic rings. The molecule has 23 heavy (non-hydrogen) atoms. The summed E-state index contributed by atoms with van der Waals surface area (Å²) in [5.74, 6) is 0.822. The van der Waals surface area contributed by atoms with Gasteiger partial charge in [0.05, 0.1) is 17.2 Å². The van der Waals surface area contributed by atoms with Crippen molar-refractivity contribution in [2.24, 2.45) is 0 Å². The minimum atomic E-state index is 0.430. The number of nitrogens with zero attached hydrogens (tertiary/aromatic N) is 4. The quantitative estimate of drug-likeness (QED) is 0.749. The molecule has 4 rings (SSSR count). The van der Waals surface area contributed by atoms with Crippen LogP contribution in [0.3, 0.4) is 0 Å². The average Bonchev–Trinajstić information content (AvgIpc) is 3.32. The maximum absolute atomic E-state index is 11.6. The van der Waals surface area contributed by atoms with Gasteiger partial charge in [-0.05, 0) is 31.0 Å². The SMILES string of the molecule is N#Cc1cccc(-c2nn3c(NC4CC4)ccnc3c2C=O)c1. The van der Waals surface area contributed by atoms with Gasteiger partial charge >= 0.3 is 0 Å². The first kappa shape index (κ1) is 13.5. The van der Waals surface area contributed by atoms with Crippen molar-refractivity contribution < 1.29 is 4.79 Å². The predicted molar refractivity (Wildman–Crippen MR) is 85.2 cm³/mol. The van der Waals surface area contributed by atoms with Crippen molar-refractivity contribution in [3.05, 3.63) is 47.7 Å². The highest BCUT2D eigenvalue weighted by molar-refractivity contribution is 5.94. The summed E-state index contributed by atoms with van der Waals surface area (Å²) in [5.41, 5.74) is 2.74. The van der Waals surface area contributed by atoms with Crippen LogP contribution in [0.1, 0.15) is 28.8 Å². The molecule has 2 aromatic heterocycles. The van der Waals surface area contributed by atoms with Crippen LogP contribution >= 0.6 is 0 Å². The third-order valence-electron chi connectivity index (χ3n) is 3.87. The van der Waals surface area contributed by atoms with Gasteiger partial charge in [-0.2, -0.15) is 14.9 Å². The minimum absolute atomic E-state index is 0.430. The molecule has 0 atom stereocenters. The molecule has 2 heterocycles. The summed E-state index contributed by atoms with van der Waals surface area (Å²) in [6.45, 7) is 0. The van der Waals surface area contributed by atoms with Gasteiger partial charge in [0, 0.05) is 17.8 Å². The fraction of sp³-hybridized carbons (Fsp3) is 0.176. The molecule has 3 aromatic rings.